The molecule has 2 aromatic carbocycles. The fraction of sp³-hybridized carbons (Fsp3) is 0.429. The Morgan fingerprint density at radius 3 is 2.25 bits per heavy atom. The molecule has 2 rings (SSSR count). The van der Waals surface area contributed by atoms with Gasteiger partial charge in [0.1, 0.15) is 5.75 Å². The zero-order valence-corrected chi connectivity index (χ0v) is 19.3. The van der Waals surface area contributed by atoms with Crippen LogP contribution < -0.4 is 4.74 Å². The van der Waals surface area contributed by atoms with Gasteiger partial charge in [-0.3, -0.25) is 0 Å². The normalized spacial score (nSPS) is 12.5. The van der Waals surface area contributed by atoms with Crippen LogP contribution in [0.5, 0.6) is 5.75 Å². The van der Waals surface area contributed by atoms with E-state index in [0.717, 1.165) is 30.2 Å². The van der Waals surface area contributed by atoms with Crippen LogP contribution in [0.4, 0.5) is 13.2 Å². The van der Waals surface area contributed by atoms with Gasteiger partial charge in [0.05, 0.1) is 12.2 Å². The van der Waals surface area contributed by atoms with Crippen molar-refractivity contribution < 1.29 is 17.9 Å². The van der Waals surface area contributed by atoms with Crippen molar-refractivity contribution in [2.75, 3.05) is 6.61 Å². The summed E-state index contributed by atoms with van der Waals surface area (Å²) in [6, 6.07) is 13.1. The second-order valence-electron chi connectivity index (χ2n) is 8.04. The van der Waals surface area contributed by atoms with E-state index in [-0.39, 0.29) is 0 Å². The summed E-state index contributed by atoms with van der Waals surface area (Å²) < 4.78 is 45.5. The van der Waals surface area contributed by atoms with Crippen molar-refractivity contribution in [1.29, 1.82) is 0 Å². The molecule has 2 aromatic rings. The van der Waals surface area contributed by atoms with E-state index < -0.39 is 11.7 Å². The SMILES string of the molecule is CC=C/C(=C/c1ccccc1OCCCCCCCCCC)c1cccc(C(F)(F)F)c1. The fourth-order valence-electron chi connectivity index (χ4n) is 3.60. The van der Waals surface area contributed by atoms with Gasteiger partial charge in [-0.25, -0.2) is 0 Å². The van der Waals surface area contributed by atoms with Gasteiger partial charge in [0, 0.05) is 5.56 Å². The Labute approximate surface area is 191 Å². The third-order valence-electron chi connectivity index (χ3n) is 5.35. The van der Waals surface area contributed by atoms with E-state index >= 15 is 0 Å². The maximum absolute atomic E-state index is 13.2. The highest BCUT2D eigenvalue weighted by atomic mass is 19.4. The minimum absolute atomic E-state index is 0.524. The molecule has 0 heterocycles. The molecule has 0 aromatic heterocycles. The van der Waals surface area contributed by atoms with Gasteiger partial charge in [-0.1, -0.05) is 94.4 Å². The Hall–Kier alpha value is -2.49. The Morgan fingerprint density at radius 2 is 1.56 bits per heavy atom. The summed E-state index contributed by atoms with van der Waals surface area (Å²) in [7, 11) is 0. The second-order valence-corrected chi connectivity index (χ2v) is 8.04. The molecule has 0 radical (unpaired) electrons. The first-order chi connectivity index (χ1) is 15.5. The summed E-state index contributed by atoms with van der Waals surface area (Å²) in [5, 5.41) is 0. The van der Waals surface area contributed by atoms with Crippen LogP contribution in [0.3, 0.4) is 0 Å². The van der Waals surface area contributed by atoms with Crippen molar-refractivity contribution in [3.63, 3.8) is 0 Å². The molecule has 0 atom stereocenters. The Balaban J connectivity index is 2.04. The van der Waals surface area contributed by atoms with Gasteiger partial charge in [-0.05, 0) is 48.8 Å². The summed E-state index contributed by atoms with van der Waals surface area (Å²) >= 11 is 0. The average Bonchev–Trinajstić information content (AvgIpc) is 2.78. The number of hydrogen-bond acceptors (Lipinski definition) is 1. The van der Waals surface area contributed by atoms with Gasteiger partial charge in [0.25, 0.3) is 0 Å². The molecule has 174 valence electrons. The van der Waals surface area contributed by atoms with Gasteiger partial charge in [-0.2, -0.15) is 13.2 Å². The highest BCUT2D eigenvalue weighted by Gasteiger charge is 2.30. The molecule has 0 spiro atoms. The molecular weight excluding hydrogens is 409 g/mol. The lowest BCUT2D eigenvalue weighted by molar-refractivity contribution is -0.137. The van der Waals surface area contributed by atoms with Crippen LogP contribution in [0, 0.1) is 0 Å². The first-order valence-corrected chi connectivity index (χ1v) is 11.7. The van der Waals surface area contributed by atoms with Crippen LogP contribution in [-0.4, -0.2) is 6.61 Å². The standard InChI is InChI=1S/C28H35F3O/c1-3-5-6-7-8-9-10-13-20-32-27-19-12-11-16-25(27)21-23(15-4-2)24-17-14-18-26(22-24)28(29,30)31/h4,11-12,14-19,21-22H,3,5-10,13,20H2,1-2H3/b15-4?,23-21-. The van der Waals surface area contributed by atoms with Crippen LogP contribution in [0.25, 0.3) is 11.6 Å². The van der Waals surface area contributed by atoms with Crippen molar-refractivity contribution in [2.24, 2.45) is 0 Å². The van der Waals surface area contributed by atoms with Gasteiger partial charge < -0.3 is 4.74 Å². The molecule has 0 bridgehead atoms. The second kappa shape index (κ2) is 13.8. The first-order valence-electron chi connectivity index (χ1n) is 11.7. The highest BCUT2D eigenvalue weighted by Crippen LogP contribution is 2.32. The molecule has 0 aliphatic carbocycles. The molecule has 4 heteroatoms. The summed E-state index contributed by atoms with van der Waals surface area (Å²) in [5.74, 6) is 0.754. The van der Waals surface area contributed by atoms with Crippen molar-refractivity contribution in [3.8, 4) is 5.75 Å². The minimum atomic E-state index is -4.37. The molecule has 1 nitrogen and oxygen atoms in total. The average molecular weight is 445 g/mol. The van der Waals surface area contributed by atoms with Gasteiger partial charge in [0.2, 0.25) is 0 Å². The monoisotopic (exact) mass is 444 g/mol. The molecule has 0 saturated heterocycles. The topological polar surface area (TPSA) is 9.23 Å². The maximum atomic E-state index is 13.2. The largest absolute Gasteiger partial charge is 0.493 e. The maximum Gasteiger partial charge on any atom is 0.416 e. The minimum Gasteiger partial charge on any atom is -0.493 e. The van der Waals surface area contributed by atoms with E-state index in [4.69, 9.17) is 4.74 Å². The smallest absolute Gasteiger partial charge is 0.416 e. The van der Waals surface area contributed by atoms with Crippen LogP contribution >= 0.6 is 0 Å². The Morgan fingerprint density at radius 1 is 0.875 bits per heavy atom. The number of para-hydroxylation sites is 1. The van der Waals surface area contributed by atoms with Gasteiger partial charge >= 0.3 is 6.18 Å². The van der Waals surface area contributed by atoms with E-state index in [2.05, 4.69) is 6.92 Å². The van der Waals surface area contributed by atoms with E-state index in [1.165, 1.54) is 50.7 Å². The molecule has 32 heavy (non-hydrogen) atoms. The van der Waals surface area contributed by atoms with Crippen LogP contribution in [0.2, 0.25) is 0 Å². The van der Waals surface area contributed by atoms with E-state index in [9.17, 15) is 13.2 Å². The summed E-state index contributed by atoms with van der Waals surface area (Å²) in [6.45, 7) is 4.72. The quantitative estimate of drug-likeness (QED) is 0.170. The first kappa shape index (κ1) is 25.8. The van der Waals surface area contributed by atoms with Crippen molar-refractivity contribution in [3.05, 3.63) is 77.4 Å². The van der Waals surface area contributed by atoms with Gasteiger partial charge in [0.15, 0.2) is 0 Å². The molecule has 0 fully saturated rings. The van der Waals surface area contributed by atoms with Crippen molar-refractivity contribution in [1.82, 2.24) is 0 Å². The lowest BCUT2D eigenvalue weighted by atomic mass is 9.99. The predicted octanol–water partition coefficient (Wildman–Crippen LogP) is 9.34. The number of alkyl halides is 3. The molecule has 0 saturated carbocycles. The fourth-order valence-corrected chi connectivity index (χ4v) is 3.60. The van der Waals surface area contributed by atoms with Gasteiger partial charge in [-0.15, -0.1) is 0 Å². The Bertz CT molecular complexity index is 865. The van der Waals surface area contributed by atoms with E-state index in [1.54, 1.807) is 6.07 Å². The number of ether oxygens (including phenoxy) is 1. The highest BCUT2D eigenvalue weighted by molar-refractivity contribution is 5.88. The van der Waals surface area contributed by atoms with E-state index in [0.29, 0.717) is 17.7 Å². The zero-order valence-electron chi connectivity index (χ0n) is 19.3. The lowest BCUT2D eigenvalue weighted by Crippen LogP contribution is -2.05. The summed E-state index contributed by atoms with van der Waals surface area (Å²) in [5.41, 5.74) is 1.44. The number of hydrogen-bond donors (Lipinski definition) is 0. The molecule has 0 aliphatic heterocycles. The molecule has 0 unspecified atom stereocenters. The van der Waals surface area contributed by atoms with Crippen molar-refractivity contribution >= 4 is 11.6 Å². The number of unbranched alkanes of at least 4 members (excludes halogenated alkanes) is 7. The third kappa shape index (κ3) is 8.94. The Kier molecular flexibility index (Phi) is 11.1. The predicted molar refractivity (Wildman–Crippen MR) is 129 cm³/mol. The molecule has 0 N–H and O–H groups in total. The zero-order chi connectivity index (χ0) is 23.2. The lowest BCUT2D eigenvalue weighted by Gasteiger charge is -2.12. The van der Waals surface area contributed by atoms with E-state index in [1.807, 2.05) is 49.4 Å². The number of allylic oxidation sites excluding steroid dienone is 3. The van der Waals surface area contributed by atoms with Crippen molar-refractivity contribution in [2.45, 2.75) is 71.4 Å². The molecule has 0 aliphatic rings. The molecule has 0 amide bonds. The summed E-state index contributed by atoms with van der Waals surface area (Å²) in [4.78, 5) is 0. The number of benzene rings is 2. The number of rotatable bonds is 13. The molecular formula is C28H35F3O. The summed E-state index contributed by atoms with van der Waals surface area (Å²) in [6.07, 6.45) is 11.1. The van der Waals surface area contributed by atoms with Crippen LogP contribution in [0.15, 0.2) is 60.7 Å². The van der Waals surface area contributed by atoms with Crippen LogP contribution in [0.1, 0.15) is 81.9 Å². The van der Waals surface area contributed by atoms with Crippen LogP contribution in [-0.2, 0) is 6.18 Å². The third-order valence-corrected chi connectivity index (χ3v) is 5.35. The number of halogens is 3.